The normalized spacial score (nSPS) is 13.8. The van der Waals surface area contributed by atoms with Crippen LogP contribution in [0.1, 0.15) is 23.2 Å². The van der Waals surface area contributed by atoms with Crippen LogP contribution in [0.5, 0.6) is 5.75 Å². The molecular formula is C14H18N2O4. The Hall–Kier alpha value is -2.08. The maximum Gasteiger partial charge on any atom is 0.337 e. The van der Waals surface area contributed by atoms with Gasteiger partial charge >= 0.3 is 5.97 Å². The number of benzene rings is 1. The van der Waals surface area contributed by atoms with Crippen molar-refractivity contribution in [1.82, 2.24) is 5.32 Å². The minimum absolute atomic E-state index is 0.0429. The number of methoxy groups -OCH3 is 1. The van der Waals surface area contributed by atoms with Gasteiger partial charge < -0.3 is 20.5 Å². The molecule has 0 heterocycles. The van der Waals surface area contributed by atoms with Gasteiger partial charge in [0.25, 0.3) is 0 Å². The first-order chi connectivity index (χ1) is 9.60. The Kier molecular flexibility index (Phi) is 4.57. The third kappa shape index (κ3) is 3.96. The number of carboxylic acid groups (broad SMARTS) is 1. The van der Waals surface area contributed by atoms with E-state index in [0.29, 0.717) is 11.7 Å². The maximum absolute atomic E-state index is 11.8. The summed E-state index contributed by atoms with van der Waals surface area (Å²) in [5, 5.41) is 14.7. The summed E-state index contributed by atoms with van der Waals surface area (Å²) >= 11 is 0. The fraction of sp³-hybridized carbons (Fsp3) is 0.429. The Morgan fingerprint density at radius 2 is 2.15 bits per heavy atom. The average Bonchev–Trinajstić information content (AvgIpc) is 3.22. The highest BCUT2D eigenvalue weighted by Gasteiger charge is 2.20. The number of aromatic carboxylic acids is 1. The Labute approximate surface area is 117 Å². The van der Waals surface area contributed by atoms with Crippen LogP contribution in [0.4, 0.5) is 5.69 Å². The SMILES string of the molecule is COc1ccc(C(=O)O)c(NC(=O)CNCC2CC2)c1. The molecule has 0 spiro atoms. The van der Waals surface area contributed by atoms with Gasteiger partial charge in [-0.1, -0.05) is 0 Å². The van der Waals surface area contributed by atoms with Crippen LogP contribution < -0.4 is 15.4 Å². The number of rotatable bonds is 7. The van der Waals surface area contributed by atoms with Crippen LogP contribution in [-0.4, -0.2) is 37.2 Å². The molecule has 0 atom stereocenters. The molecule has 0 bridgehead atoms. The third-order valence-corrected chi connectivity index (χ3v) is 3.15. The molecule has 1 aliphatic carbocycles. The van der Waals surface area contributed by atoms with Gasteiger partial charge in [-0.15, -0.1) is 0 Å². The lowest BCUT2D eigenvalue weighted by Gasteiger charge is -2.10. The minimum Gasteiger partial charge on any atom is -0.497 e. The van der Waals surface area contributed by atoms with Crippen LogP contribution in [0.15, 0.2) is 18.2 Å². The van der Waals surface area contributed by atoms with Crippen LogP contribution in [-0.2, 0) is 4.79 Å². The van der Waals surface area contributed by atoms with Gasteiger partial charge in [0.05, 0.1) is 24.9 Å². The highest BCUT2D eigenvalue weighted by atomic mass is 16.5. The molecular weight excluding hydrogens is 260 g/mol. The van der Waals surface area contributed by atoms with Crippen LogP contribution in [0.2, 0.25) is 0 Å². The molecule has 0 radical (unpaired) electrons. The number of carbonyl (C=O) groups excluding carboxylic acids is 1. The molecule has 2 rings (SSSR count). The molecule has 1 fully saturated rings. The van der Waals surface area contributed by atoms with Crippen molar-refractivity contribution in [2.24, 2.45) is 5.92 Å². The van der Waals surface area contributed by atoms with Gasteiger partial charge in [0.15, 0.2) is 0 Å². The zero-order valence-corrected chi connectivity index (χ0v) is 11.3. The number of nitrogens with one attached hydrogen (secondary N) is 2. The second-order valence-electron chi connectivity index (χ2n) is 4.84. The molecule has 1 amide bonds. The topological polar surface area (TPSA) is 87.7 Å². The molecule has 1 aromatic rings. The Morgan fingerprint density at radius 3 is 2.75 bits per heavy atom. The average molecular weight is 278 g/mol. The van der Waals surface area contributed by atoms with E-state index in [1.165, 1.54) is 32.1 Å². The van der Waals surface area contributed by atoms with Gasteiger partial charge in [0, 0.05) is 6.07 Å². The molecule has 0 aromatic heterocycles. The van der Waals surface area contributed by atoms with E-state index in [9.17, 15) is 9.59 Å². The highest BCUT2D eigenvalue weighted by Crippen LogP contribution is 2.27. The highest BCUT2D eigenvalue weighted by molar-refractivity contribution is 6.01. The quantitative estimate of drug-likeness (QED) is 0.700. The van der Waals surface area contributed by atoms with E-state index in [4.69, 9.17) is 9.84 Å². The summed E-state index contributed by atoms with van der Waals surface area (Å²) in [6, 6.07) is 4.46. The summed E-state index contributed by atoms with van der Waals surface area (Å²) in [7, 11) is 1.48. The standard InChI is InChI=1S/C14H18N2O4/c1-20-10-4-5-11(14(18)19)12(6-10)16-13(17)8-15-7-9-2-3-9/h4-6,9,15H,2-3,7-8H2,1H3,(H,16,17)(H,18,19). The van der Waals surface area contributed by atoms with E-state index in [0.717, 1.165) is 6.54 Å². The lowest BCUT2D eigenvalue weighted by atomic mass is 10.1. The maximum atomic E-state index is 11.8. The molecule has 1 saturated carbocycles. The van der Waals surface area contributed by atoms with E-state index >= 15 is 0 Å². The smallest absolute Gasteiger partial charge is 0.337 e. The Bertz CT molecular complexity index is 512. The third-order valence-electron chi connectivity index (χ3n) is 3.15. The summed E-state index contributed by atoms with van der Waals surface area (Å²) in [6.45, 7) is 1.00. The van der Waals surface area contributed by atoms with Crippen molar-refractivity contribution in [2.75, 3.05) is 25.5 Å². The first kappa shape index (κ1) is 14.3. The van der Waals surface area contributed by atoms with Gasteiger partial charge in [-0.05, 0) is 37.4 Å². The van der Waals surface area contributed by atoms with E-state index < -0.39 is 5.97 Å². The van der Waals surface area contributed by atoms with E-state index in [1.807, 2.05) is 0 Å². The number of hydrogen-bond acceptors (Lipinski definition) is 4. The zero-order chi connectivity index (χ0) is 14.5. The van der Waals surface area contributed by atoms with Crippen molar-refractivity contribution >= 4 is 17.6 Å². The molecule has 1 aliphatic rings. The number of anilines is 1. The van der Waals surface area contributed by atoms with Crippen LogP contribution >= 0.6 is 0 Å². The Balaban J connectivity index is 1.97. The molecule has 20 heavy (non-hydrogen) atoms. The van der Waals surface area contributed by atoms with E-state index in [2.05, 4.69) is 10.6 Å². The first-order valence-corrected chi connectivity index (χ1v) is 6.52. The van der Waals surface area contributed by atoms with Crippen molar-refractivity contribution in [1.29, 1.82) is 0 Å². The van der Waals surface area contributed by atoms with E-state index in [1.54, 1.807) is 6.07 Å². The largest absolute Gasteiger partial charge is 0.497 e. The second-order valence-corrected chi connectivity index (χ2v) is 4.84. The summed E-state index contributed by atoms with van der Waals surface area (Å²) < 4.78 is 5.03. The van der Waals surface area contributed by atoms with Gasteiger partial charge in [-0.25, -0.2) is 4.79 Å². The summed E-state index contributed by atoms with van der Waals surface area (Å²) in [4.78, 5) is 22.9. The van der Waals surface area contributed by atoms with Crippen molar-refractivity contribution < 1.29 is 19.4 Å². The summed E-state index contributed by atoms with van der Waals surface area (Å²) in [6.07, 6.45) is 2.43. The lowest BCUT2D eigenvalue weighted by molar-refractivity contribution is -0.115. The van der Waals surface area contributed by atoms with Crippen molar-refractivity contribution in [3.63, 3.8) is 0 Å². The number of hydrogen-bond donors (Lipinski definition) is 3. The van der Waals surface area contributed by atoms with Gasteiger partial charge in [0.1, 0.15) is 5.75 Å². The fourth-order valence-electron chi connectivity index (χ4n) is 1.85. The minimum atomic E-state index is -1.09. The number of ether oxygens (including phenoxy) is 1. The fourth-order valence-corrected chi connectivity index (χ4v) is 1.85. The molecule has 0 saturated heterocycles. The summed E-state index contributed by atoms with van der Waals surface area (Å²) in [5.74, 6) is -0.166. The number of carboxylic acids is 1. The lowest BCUT2D eigenvalue weighted by Crippen LogP contribution is -2.30. The van der Waals surface area contributed by atoms with E-state index in [-0.39, 0.29) is 23.7 Å². The first-order valence-electron chi connectivity index (χ1n) is 6.52. The van der Waals surface area contributed by atoms with Crippen molar-refractivity contribution in [3.8, 4) is 5.75 Å². The molecule has 0 aliphatic heterocycles. The number of carbonyl (C=O) groups is 2. The predicted molar refractivity (Wildman–Crippen MR) is 74.2 cm³/mol. The molecule has 3 N–H and O–H groups in total. The van der Waals surface area contributed by atoms with Gasteiger partial charge in [0.2, 0.25) is 5.91 Å². The van der Waals surface area contributed by atoms with Crippen LogP contribution in [0.25, 0.3) is 0 Å². The molecule has 6 nitrogen and oxygen atoms in total. The molecule has 0 unspecified atom stereocenters. The van der Waals surface area contributed by atoms with Crippen molar-refractivity contribution in [3.05, 3.63) is 23.8 Å². The van der Waals surface area contributed by atoms with Gasteiger partial charge in [-0.2, -0.15) is 0 Å². The summed E-state index contributed by atoms with van der Waals surface area (Å²) in [5.41, 5.74) is 0.288. The molecule has 108 valence electrons. The molecule has 1 aromatic carbocycles. The van der Waals surface area contributed by atoms with Gasteiger partial charge in [-0.3, -0.25) is 4.79 Å². The monoisotopic (exact) mass is 278 g/mol. The zero-order valence-electron chi connectivity index (χ0n) is 11.3. The number of amides is 1. The Morgan fingerprint density at radius 1 is 1.40 bits per heavy atom. The second kappa shape index (κ2) is 6.38. The predicted octanol–water partition coefficient (Wildman–Crippen LogP) is 1.33. The molecule has 6 heteroatoms. The van der Waals surface area contributed by atoms with Crippen molar-refractivity contribution in [2.45, 2.75) is 12.8 Å². The van der Waals surface area contributed by atoms with Crippen LogP contribution in [0, 0.1) is 5.92 Å². The van der Waals surface area contributed by atoms with Crippen LogP contribution in [0.3, 0.4) is 0 Å².